The average Bonchev–Trinajstić information content (AvgIpc) is 2.83. The van der Waals surface area contributed by atoms with E-state index in [2.05, 4.69) is 37.1 Å². The van der Waals surface area contributed by atoms with Gasteiger partial charge in [0.05, 0.1) is 6.33 Å². The van der Waals surface area contributed by atoms with Gasteiger partial charge in [-0.15, -0.1) is 0 Å². The van der Waals surface area contributed by atoms with Crippen molar-refractivity contribution in [3.05, 3.63) is 12.2 Å². The van der Waals surface area contributed by atoms with Crippen molar-refractivity contribution in [2.45, 2.75) is 39.3 Å². The molecule has 102 valence electrons. The van der Waals surface area contributed by atoms with Crippen LogP contribution in [-0.4, -0.2) is 38.7 Å². The number of fused-ring (bicyclic) bond motifs is 1. The van der Waals surface area contributed by atoms with Crippen LogP contribution in [0.3, 0.4) is 0 Å². The predicted octanol–water partition coefficient (Wildman–Crippen LogP) is 1.32. The second kappa shape index (κ2) is 5.13. The van der Waals surface area contributed by atoms with E-state index in [9.17, 15) is 0 Å². The molecule has 1 aliphatic heterocycles. The zero-order valence-corrected chi connectivity index (χ0v) is 11.5. The molecule has 0 aliphatic carbocycles. The van der Waals surface area contributed by atoms with Crippen LogP contribution in [0.5, 0.6) is 0 Å². The first-order valence-electron chi connectivity index (χ1n) is 6.94. The Morgan fingerprint density at radius 2 is 2.16 bits per heavy atom. The van der Waals surface area contributed by atoms with Gasteiger partial charge in [-0.1, -0.05) is 0 Å². The lowest BCUT2D eigenvalue weighted by atomic mass is 10.1. The lowest BCUT2D eigenvalue weighted by molar-refractivity contribution is 0.478. The van der Waals surface area contributed by atoms with Crippen molar-refractivity contribution in [2.24, 2.45) is 0 Å². The Balaban J connectivity index is 1.95. The van der Waals surface area contributed by atoms with Crippen molar-refractivity contribution in [3.63, 3.8) is 0 Å². The first-order chi connectivity index (χ1) is 9.28. The summed E-state index contributed by atoms with van der Waals surface area (Å²) in [5.41, 5.74) is 1.80. The molecule has 6 nitrogen and oxygen atoms in total. The first-order valence-corrected chi connectivity index (χ1v) is 6.94. The number of aryl methyl sites for hydroxylation is 2. The molecule has 0 aromatic carbocycles. The highest BCUT2D eigenvalue weighted by atomic mass is 15.2. The van der Waals surface area contributed by atoms with Crippen LogP contribution in [0.4, 0.5) is 5.82 Å². The van der Waals surface area contributed by atoms with Crippen molar-refractivity contribution in [1.29, 1.82) is 0 Å². The summed E-state index contributed by atoms with van der Waals surface area (Å²) in [6.45, 7) is 7.03. The molecule has 3 heterocycles. The molecule has 1 aliphatic rings. The van der Waals surface area contributed by atoms with Gasteiger partial charge in [0.1, 0.15) is 11.3 Å². The van der Waals surface area contributed by atoms with Crippen LogP contribution in [-0.2, 0) is 6.54 Å². The van der Waals surface area contributed by atoms with Gasteiger partial charge in [-0.05, 0) is 39.8 Å². The minimum absolute atomic E-state index is 0.477. The van der Waals surface area contributed by atoms with E-state index in [1.165, 1.54) is 0 Å². The third-order valence-corrected chi connectivity index (χ3v) is 3.60. The largest absolute Gasteiger partial charge is 0.365 e. The Labute approximate surface area is 112 Å². The van der Waals surface area contributed by atoms with Gasteiger partial charge < -0.3 is 15.2 Å². The van der Waals surface area contributed by atoms with Crippen molar-refractivity contribution in [3.8, 4) is 0 Å². The minimum atomic E-state index is 0.477. The molecule has 2 aromatic rings. The lowest BCUT2D eigenvalue weighted by Gasteiger charge is -2.24. The Morgan fingerprint density at radius 3 is 2.89 bits per heavy atom. The number of hydrogen-bond acceptors (Lipinski definition) is 5. The zero-order valence-electron chi connectivity index (χ0n) is 11.5. The minimum Gasteiger partial charge on any atom is -0.365 e. The molecule has 2 aromatic heterocycles. The van der Waals surface area contributed by atoms with E-state index in [-0.39, 0.29) is 0 Å². The molecule has 6 heteroatoms. The molecule has 1 saturated heterocycles. The maximum atomic E-state index is 4.52. The SMILES string of the molecule is CCn1cnc2c(NC3CCNCC3)nc(C)nc21. The van der Waals surface area contributed by atoms with Crippen LogP contribution in [0.2, 0.25) is 0 Å². The van der Waals surface area contributed by atoms with Crippen LogP contribution in [0.25, 0.3) is 11.2 Å². The summed E-state index contributed by atoms with van der Waals surface area (Å²) >= 11 is 0. The van der Waals surface area contributed by atoms with Crippen molar-refractivity contribution in [1.82, 2.24) is 24.8 Å². The molecular formula is C13H20N6. The third-order valence-electron chi connectivity index (χ3n) is 3.60. The zero-order chi connectivity index (χ0) is 13.2. The maximum Gasteiger partial charge on any atom is 0.165 e. The van der Waals surface area contributed by atoms with Gasteiger partial charge in [0.15, 0.2) is 11.5 Å². The van der Waals surface area contributed by atoms with Crippen LogP contribution < -0.4 is 10.6 Å². The molecule has 0 atom stereocenters. The summed E-state index contributed by atoms with van der Waals surface area (Å²) in [5.74, 6) is 1.67. The number of anilines is 1. The number of hydrogen-bond donors (Lipinski definition) is 2. The molecule has 2 N–H and O–H groups in total. The second-order valence-corrected chi connectivity index (χ2v) is 4.99. The van der Waals surface area contributed by atoms with E-state index >= 15 is 0 Å². The number of imidazole rings is 1. The highest BCUT2D eigenvalue weighted by molar-refractivity contribution is 5.83. The molecule has 0 unspecified atom stereocenters. The Bertz CT molecular complexity index is 570. The molecule has 0 saturated carbocycles. The van der Waals surface area contributed by atoms with Gasteiger partial charge in [-0.2, -0.15) is 0 Å². The van der Waals surface area contributed by atoms with E-state index in [0.717, 1.165) is 55.3 Å². The molecule has 1 fully saturated rings. The highest BCUT2D eigenvalue weighted by Gasteiger charge is 2.17. The van der Waals surface area contributed by atoms with E-state index in [1.54, 1.807) is 0 Å². The topological polar surface area (TPSA) is 67.7 Å². The van der Waals surface area contributed by atoms with Crippen molar-refractivity contribution >= 4 is 17.0 Å². The Hall–Kier alpha value is -1.69. The monoisotopic (exact) mass is 260 g/mol. The van der Waals surface area contributed by atoms with Gasteiger partial charge in [-0.3, -0.25) is 0 Å². The van der Waals surface area contributed by atoms with Crippen LogP contribution in [0, 0.1) is 6.92 Å². The molecule has 3 rings (SSSR count). The Kier molecular flexibility index (Phi) is 3.33. The fourth-order valence-corrected chi connectivity index (χ4v) is 2.54. The maximum absolute atomic E-state index is 4.52. The average molecular weight is 260 g/mol. The van der Waals surface area contributed by atoms with Gasteiger partial charge in [-0.25, -0.2) is 15.0 Å². The number of aromatic nitrogens is 4. The summed E-state index contributed by atoms with van der Waals surface area (Å²) < 4.78 is 2.05. The van der Waals surface area contributed by atoms with E-state index in [0.29, 0.717) is 6.04 Å². The van der Waals surface area contributed by atoms with Crippen molar-refractivity contribution < 1.29 is 0 Å². The normalized spacial score (nSPS) is 16.9. The molecule has 19 heavy (non-hydrogen) atoms. The molecule has 0 bridgehead atoms. The standard InChI is InChI=1S/C13H20N6/c1-3-19-8-15-11-12(16-9(2)17-13(11)19)18-10-4-6-14-7-5-10/h8,10,14H,3-7H2,1-2H3,(H,16,17,18). The highest BCUT2D eigenvalue weighted by Crippen LogP contribution is 2.21. The van der Waals surface area contributed by atoms with E-state index in [1.807, 2.05) is 13.3 Å². The summed E-state index contributed by atoms with van der Waals surface area (Å²) in [6.07, 6.45) is 4.09. The smallest absolute Gasteiger partial charge is 0.165 e. The summed E-state index contributed by atoms with van der Waals surface area (Å²) in [7, 11) is 0. The summed E-state index contributed by atoms with van der Waals surface area (Å²) in [6, 6.07) is 0.477. The second-order valence-electron chi connectivity index (χ2n) is 4.99. The van der Waals surface area contributed by atoms with E-state index < -0.39 is 0 Å². The fraction of sp³-hybridized carbons (Fsp3) is 0.615. The fourth-order valence-electron chi connectivity index (χ4n) is 2.54. The van der Waals surface area contributed by atoms with Crippen LogP contribution >= 0.6 is 0 Å². The quantitative estimate of drug-likeness (QED) is 0.871. The summed E-state index contributed by atoms with van der Waals surface area (Å²) in [5, 5.41) is 6.90. The van der Waals surface area contributed by atoms with Crippen molar-refractivity contribution in [2.75, 3.05) is 18.4 Å². The number of nitrogens with zero attached hydrogens (tertiary/aromatic N) is 4. The lowest BCUT2D eigenvalue weighted by Crippen LogP contribution is -2.35. The van der Waals surface area contributed by atoms with Crippen LogP contribution in [0.1, 0.15) is 25.6 Å². The number of piperidine rings is 1. The molecule has 0 amide bonds. The van der Waals surface area contributed by atoms with Gasteiger partial charge in [0.25, 0.3) is 0 Å². The molecule has 0 spiro atoms. The number of rotatable bonds is 3. The van der Waals surface area contributed by atoms with Gasteiger partial charge in [0, 0.05) is 12.6 Å². The molecular weight excluding hydrogens is 240 g/mol. The number of nitrogens with one attached hydrogen (secondary N) is 2. The Morgan fingerprint density at radius 1 is 1.37 bits per heavy atom. The molecule has 0 radical (unpaired) electrons. The summed E-state index contributed by atoms with van der Waals surface area (Å²) in [4.78, 5) is 13.5. The van der Waals surface area contributed by atoms with Gasteiger partial charge in [0.2, 0.25) is 0 Å². The van der Waals surface area contributed by atoms with E-state index in [4.69, 9.17) is 0 Å². The predicted molar refractivity (Wildman–Crippen MR) is 75.2 cm³/mol. The first kappa shape index (κ1) is 12.3. The van der Waals surface area contributed by atoms with Crippen LogP contribution in [0.15, 0.2) is 6.33 Å². The van der Waals surface area contributed by atoms with Gasteiger partial charge >= 0.3 is 0 Å². The third kappa shape index (κ3) is 2.40.